The molecule has 0 saturated heterocycles. The van der Waals surface area contributed by atoms with E-state index in [4.69, 9.17) is 0 Å². The molecule has 1 heterocycles. The molecule has 1 aromatic heterocycles. The fourth-order valence-electron chi connectivity index (χ4n) is 3.51. The average molecular weight is 333 g/mol. The van der Waals surface area contributed by atoms with Gasteiger partial charge in [-0.2, -0.15) is 0 Å². The number of benzene rings is 3. The van der Waals surface area contributed by atoms with E-state index < -0.39 is 11.6 Å². The third kappa shape index (κ3) is 2.47. The molecule has 0 aliphatic heterocycles. The molecule has 0 aliphatic carbocycles. The van der Waals surface area contributed by atoms with Crippen molar-refractivity contribution in [2.45, 2.75) is 20.8 Å². The smallest absolute Gasteiger partial charge is 0.136 e. The molecular formula is C22H17F2N. The summed E-state index contributed by atoms with van der Waals surface area (Å²) in [6, 6.07) is 13.1. The minimum Gasteiger partial charge on any atom is -0.256 e. The van der Waals surface area contributed by atoms with Gasteiger partial charge in [0.25, 0.3) is 0 Å². The zero-order valence-corrected chi connectivity index (χ0v) is 14.3. The molecule has 0 saturated carbocycles. The van der Waals surface area contributed by atoms with Crippen LogP contribution in [0, 0.1) is 32.4 Å². The van der Waals surface area contributed by atoms with Crippen LogP contribution in [0.2, 0.25) is 0 Å². The number of hydrogen-bond acceptors (Lipinski definition) is 1. The molecule has 0 amide bonds. The molecule has 4 aromatic rings. The molecule has 25 heavy (non-hydrogen) atoms. The standard InChI is InChI=1S/C22H17F2N/c1-12-8-13(2)10-15(9-12)22-18-5-4-17-19(16(18)6-7-25-22)11-20(23)14(3)21(17)24/h4-11H,1-3H3. The van der Waals surface area contributed by atoms with E-state index in [0.717, 1.165) is 33.2 Å². The van der Waals surface area contributed by atoms with E-state index in [0.29, 0.717) is 10.8 Å². The molecule has 3 aromatic carbocycles. The molecule has 0 atom stereocenters. The van der Waals surface area contributed by atoms with Gasteiger partial charge in [-0.3, -0.25) is 4.98 Å². The van der Waals surface area contributed by atoms with Crippen LogP contribution in [0.3, 0.4) is 0 Å². The molecule has 0 fully saturated rings. The Morgan fingerprint density at radius 1 is 0.720 bits per heavy atom. The van der Waals surface area contributed by atoms with Gasteiger partial charge in [-0.05, 0) is 55.8 Å². The molecule has 3 heteroatoms. The Kier molecular flexibility index (Phi) is 3.53. The van der Waals surface area contributed by atoms with Gasteiger partial charge in [-0.15, -0.1) is 0 Å². The van der Waals surface area contributed by atoms with E-state index in [9.17, 15) is 8.78 Å². The van der Waals surface area contributed by atoms with Crippen molar-refractivity contribution in [2.24, 2.45) is 0 Å². The molecule has 0 bridgehead atoms. The van der Waals surface area contributed by atoms with Crippen molar-refractivity contribution < 1.29 is 8.78 Å². The first-order valence-electron chi connectivity index (χ1n) is 8.20. The average Bonchev–Trinajstić information content (AvgIpc) is 2.58. The van der Waals surface area contributed by atoms with E-state index in [-0.39, 0.29) is 5.56 Å². The zero-order chi connectivity index (χ0) is 17.7. The number of aryl methyl sites for hydroxylation is 2. The van der Waals surface area contributed by atoms with Crippen LogP contribution in [0.5, 0.6) is 0 Å². The number of halogens is 2. The highest BCUT2D eigenvalue weighted by atomic mass is 19.1. The molecule has 0 unspecified atom stereocenters. The minimum atomic E-state index is -0.526. The Balaban J connectivity index is 2.11. The number of nitrogens with zero attached hydrogens (tertiary/aromatic N) is 1. The predicted molar refractivity (Wildman–Crippen MR) is 98.8 cm³/mol. The van der Waals surface area contributed by atoms with Crippen LogP contribution in [0.15, 0.2) is 48.7 Å². The van der Waals surface area contributed by atoms with Crippen LogP contribution in [-0.2, 0) is 0 Å². The summed E-state index contributed by atoms with van der Waals surface area (Å²) in [6.45, 7) is 5.55. The number of aromatic nitrogens is 1. The SMILES string of the molecule is Cc1cc(C)cc(-c2nccc3c2ccc2c(F)c(C)c(F)cc23)c1. The first-order chi connectivity index (χ1) is 12.0. The first-order valence-corrected chi connectivity index (χ1v) is 8.20. The summed E-state index contributed by atoms with van der Waals surface area (Å²) in [4.78, 5) is 4.54. The van der Waals surface area contributed by atoms with Crippen LogP contribution in [0.4, 0.5) is 8.78 Å². The van der Waals surface area contributed by atoms with Crippen LogP contribution < -0.4 is 0 Å². The fourth-order valence-corrected chi connectivity index (χ4v) is 3.51. The second-order valence-corrected chi connectivity index (χ2v) is 6.59. The highest BCUT2D eigenvalue weighted by molar-refractivity contribution is 6.11. The fraction of sp³-hybridized carbons (Fsp3) is 0.136. The Labute approximate surface area is 144 Å². The van der Waals surface area contributed by atoms with E-state index in [2.05, 4.69) is 23.2 Å². The highest BCUT2D eigenvalue weighted by Crippen LogP contribution is 2.34. The van der Waals surface area contributed by atoms with Gasteiger partial charge in [0.05, 0.1) is 5.69 Å². The van der Waals surface area contributed by atoms with Gasteiger partial charge in [0.15, 0.2) is 0 Å². The molecule has 1 nitrogen and oxygen atoms in total. The lowest BCUT2D eigenvalue weighted by Gasteiger charge is -2.11. The van der Waals surface area contributed by atoms with Gasteiger partial charge in [-0.1, -0.05) is 29.3 Å². The predicted octanol–water partition coefficient (Wildman–Crippen LogP) is 6.26. The summed E-state index contributed by atoms with van der Waals surface area (Å²) < 4.78 is 28.6. The summed E-state index contributed by atoms with van der Waals surface area (Å²) in [7, 11) is 0. The van der Waals surface area contributed by atoms with Gasteiger partial charge in [-0.25, -0.2) is 8.78 Å². The van der Waals surface area contributed by atoms with Gasteiger partial charge < -0.3 is 0 Å². The Hall–Kier alpha value is -2.81. The van der Waals surface area contributed by atoms with Crippen molar-refractivity contribution in [2.75, 3.05) is 0 Å². The third-order valence-electron chi connectivity index (χ3n) is 4.68. The molecule has 124 valence electrons. The maximum atomic E-state index is 14.5. The van der Waals surface area contributed by atoms with Crippen LogP contribution >= 0.6 is 0 Å². The Morgan fingerprint density at radius 3 is 2.12 bits per heavy atom. The van der Waals surface area contributed by atoms with E-state index >= 15 is 0 Å². The lowest BCUT2D eigenvalue weighted by Crippen LogP contribution is -1.93. The molecule has 0 spiro atoms. The van der Waals surface area contributed by atoms with Gasteiger partial charge in [0, 0.05) is 28.1 Å². The van der Waals surface area contributed by atoms with Gasteiger partial charge in [0.2, 0.25) is 0 Å². The van der Waals surface area contributed by atoms with Gasteiger partial charge in [0.1, 0.15) is 11.6 Å². The van der Waals surface area contributed by atoms with E-state index in [1.807, 2.05) is 26.0 Å². The summed E-state index contributed by atoms with van der Waals surface area (Å²) in [5.74, 6) is -1.02. The number of fused-ring (bicyclic) bond motifs is 3. The number of pyridine rings is 1. The Morgan fingerprint density at radius 2 is 1.40 bits per heavy atom. The first kappa shape index (κ1) is 15.7. The second-order valence-electron chi connectivity index (χ2n) is 6.59. The van der Waals surface area contributed by atoms with Crippen molar-refractivity contribution in [3.8, 4) is 11.3 Å². The summed E-state index contributed by atoms with van der Waals surface area (Å²) in [6.07, 6.45) is 1.70. The summed E-state index contributed by atoms with van der Waals surface area (Å²) >= 11 is 0. The largest absolute Gasteiger partial charge is 0.256 e. The Bertz CT molecular complexity index is 1130. The van der Waals surface area contributed by atoms with Crippen molar-refractivity contribution >= 4 is 21.5 Å². The van der Waals surface area contributed by atoms with Gasteiger partial charge >= 0.3 is 0 Å². The van der Waals surface area contributed by atoms with E-state index in [1.165, 1.54) is 13.0 Å². The van der Waals surface area contributed by atoms with Crippen LogP contribution in [-0.4, -0.2) is 4.98 Å². The van der Waals surface area contributed by atoms with Crippen molar-refractivity contribution in [1.29, 1.82) is 0 Å². The topological polar surface area (TPSA) is 12.9 Å². The van der Waals surface area contributed by atoms with Crippen LogP contribution in [0.25, 0.3) is 32.8 Å². The monoisotopic (exact) mass is 333 g/mol. The lowest BCUT2D eigenvalue weighted by molar-refractivity contribution is 0.577. The highest BCUT2D eigenvalue weighted by Gasteiger charge is 2.14. The second kappa shape index (κ2) is 5.62. The molecule has 0 radical (unpaired) electrons. The lowest BCUT2D eigenvalue weighted by atomic mass is 9.96. The van der Waals surface area contributed by atoms with Crippen molar-refractivity contribution in [1.82, 2.24) is 4.98 Å². The summed E-state index contributed by atoms with van der Waals surface area (Å²) in [5, 5.41) is 2.71. The van der Waals surface area contributed by atoms with Crippen LogP contribution in [0.1, 0.15) is 16.7 Å². The van der Waals surface area contributed by atoms with Crippen molar-refractivity contribution in [3.63, 3.8) is 0 Å². The molecular weight excluding hydrogens is 316 g/mol. The third-order valence-corrected chi connectivity index (χ3v) is 4.68. The minimum absolute atomic E-state index is 0.0513. The maximum Gasteiger partial charge on any atom is 0.136 e. The number of hydrogen-bond donors (Lipinski definition) is 0. The maximum absolute atomic E-state index is 14.5. The van der Waals surface area contributed by atoms with E-state index in [1.54, 1.807) is 12.3 Å². The molecule has 0 N–H and O–H groups in total. The normalized spacial score (nSPS) is 11.4. The molecule has 0 aliphatic rings. The number of rotatable bonds is 1. The zero-order valence-electron chi connectivity index (χ0n) is 14.3. The summed E-state index contributed by atoms with van der Waals surface area (Å²) in [5.41, 5.74) is 4.20. The van der Waals surface area contributed by atoms with Crippen molar-refractivity contribution in [3.05, 3.63) is 77.0 Å². The molecule has 4 rings (SSSR count). The quantitative estimate of drug-likeness (QED) is 0.375.